The van der Waals surface area contributed by atoms with E-state index in [0.717, 1.165) is 12.8 Å². The second kappa shape index (κ2) is 7.17. The maximum absolute atomic E-state index is 10.3. The van der Waals surface area contributed by atoms with E-state index in [1.807, 2.05) is 11.8 Å². The highest BCUT2D eigenvalue weighted by Gasteiger charge is 1.98. The van der Waals surface area contributed by atoms with E-state index in [4.69, 9.17) is 5.11 Å². The fourth-order valence-corrected chi connectivity index (χ4v) is 2.28. The Morgan fingerprint density at radius 2 is 2.00 bits per heavy atom. The quantitative estimate of drug-likeness (QED) is 0.617. The van der Waals surface area contributed by atoms with Crippen molar-refractivity contribution >= 4 is 17.7 Å². The van der Waals surface area contributed by atoms with Gasteiger partial charge in [0.25, 0.3) is 0 Å². The fourth-order valence-electron chi connectivity index (χ4n) is 1.44. The molecule has 0 atom stereocenters. The molecule has 0 bridgehead atoms. The van der Waals surface area contributed by atoms with Crippen LogP contribution in [0.15, 0.2) is 41.3 Å². The lowest BCUT2D eigenvalue weighted by Crippen LogP contribution is -1.88. The van der Waals surface area contributed by atoms with Crippen LogP contribution in [-0.4, -0.2) is 16.3 Å². The highest BCUT2D eigenvalue weighted by molar-refractivity contribution is 7.99. The summed E-state index contributed by atoms with van der Waals surface area (Å²) < 4.78 is 0. The standard InChI is InChI=1S/C14H18O2S/c1-11(2)17-13-9-7-12(8-10-13)5-3-4-6-14(15)16/h4,6-11H,3,5H2,1-2H3,(H,15,16)/b6-4+. The van der Waals surface area contributed by atoms with E-state index < -0.39 is 5.97 Å². The molecule has 1 aromatic carbocycles. The zero-order valence-electron chi connectivity index (χ0n) is 10.2. The number of aryl methyl sites for hydroxylation is 1. The molecule has 1 N–H and O–H groups in total. The van der Waals surface area contributed by atoms with Gasteiger partial charge in [0.05, 0.1) is 0 Å². The van der Waals surface area contributed by atoms with Gasteiger partial charge in [0.2, 0.25) is 0 Å². The van der Waals surface area contributed by atoms with Crippen molar-refractivity contribution in [2.75, 3.05) is 0 Å². The molecule has 0 unspecified atom stereocenters. The number of hydrogen-bond donors (Lipinski definition) is 1. The Labute approximate surface area is 107 Å². The minimum atomic E-state index is -0.881. The lowest BCUT2D eigenvalue weighted by molar-refractivity contribution is -0.131. The Hall–Kier alpha value is -1.22. The van der Waals surface area contributed by atoms with Crippen LogP contribution < -0.4 is 0 Å². The van der Waals surface area contributed by atoms with Gasteiger partial charge in [-0.25, -0.2) is 4.79 Å². The number of hydrogen-bond acceptors (Lipinski definition) is 2. The summed E-state index contributed by atoms with van der Waals surface area (Å²) in [7, 11) is 0. The van der Waals surface area contributed by atoms with Gasteiger partial charge in [0.15, 0.2) is 0 Å². The normalized spacial score (nSPS) is 11.2. The van der Waals surface area contributed by atoms with E-state index in [1.54, 1.807) is 6.08 Å². The van der Waals surface area contributed by atoms with Crippen molar-refractivity contribution < 1.29 is 9.90 Å². The highest BCUT2D eigenvalue weighted by Crippen LogP contribution is 2.23. The zero-order chi connectivity index (χ0) is 12.7. The predicted molar refractivity (Wildman–Crippen MR) is 72.5 cm³/mol. The Kier molecular flexibility index (Phi) is 5.84. The van der Waals surface area contributed by atoms with Crippen LogP contribution in [0.4, 0.5) is 0 Å². The number of carbonyl (C=O) groups is 1. The van der Waals surface area contributed by atoms with Crippen molar-refractivity contribution in [3.63, 3.8) is 0 Å². The Balaban J connectivity index is 2.43. The molecule has 0 spiro atoms. The number of carboxylic acid groups (broad SMARTS) is 1. The van der Waals surface area contributed by atoms with Gasteiger partial charge in [-0.3, -0.25) is 0 Å². The molecule has 92 valence electrons. The van der Waals surface area contributed by atoms with Gasteiger partial charge in [0, 0.05) is 16.2 Å². The van der Waals surface area contributed by atoms with Crippen molar-refractivity contribution in [2.24, 2.45) is 0 Å². The van der Waals surface area contributed by atoms with E-state index in [1.165, 1.54) is 16.5 Å². The number of benzene rings is 1. The Bertz CT molecular complexity index is 380. The van der Waals surface area contributed by atoms with E-state index in [9.17, 15) is 4.79 Å². The average Bonchev–Trinajstić information content (AvgIpc) is 2.25. The van der Waals surface area contributed by atoms with E-state index in [0.29, 0.717) is 5.25 Å². The van der Waals surface area contributed by atoms with Gasteiger partial charge in [-0.05, 0) is 30.5 Å². The molecule has 0 saturated heterocycles. The first-order valence-corrected chi connectivity index (χ1v) is 6.61. The zero-order valence-corrected chi connectivity index (χ0v) is 11.0. The first-order chi connectivity index (χ1) is 8.08. The van der Waals surface area contributed by atoms with Crippen LogP contribution in [0.25, 0.3) is 0 Å². The fraction of sp³-hybridized carbons (Fsp3) is 0.357. The highest BCUT2D eigenvalue weighted by atomic mass is 32.2. The lowest BCUT2D eigenvalue weighted by Gasteiger charge is -2.05. The molecule has 3 heteroatoms. The third-order valence-electron chi connectivity index (χ3n) is 2.16. The average molecular weight is 250 g/mol. The van der Waals surface area contributed by atoms with Gasteiger partial charge in [-0.1, -0.05) is 32.1 Å². The van der Waals surface area contributed by atoms with Crippen molar-refractivity contribution in [3.8, 4) is 0 Å². The number of carboxylic acids is 1. The van der Waals surface area contributed by atoms with Gasteiger partial charge >= 0.3 is 5.97 Å². The van der Waals surface area contributed by atoms with E-state index in [-0.39, 0.29) is 0 Å². The molecule has 0 fully saturated rings. The topological polar surface area (TPSA) is 37.3 Å². The van der Waals surface area contributed by atoms with Crippen molar-refractivity contribution in [1.29, 1.82) is 0 Å². The van der Waals surface area contributed by atoms with E-state index >= 15 is 0 Å². The SMILES string of the molecule is CC(C)Sc1ccc(CC/C=C/C(=O)O)cc1. The van der Waals surface area contributed by atoms with Crippen LogP contribution in [0.2, 0.25) is 0 Å². The Morgan fingerprint density at radius 1 is 1.35 bits per heavy atom. The maximum atomic E-state index is 10.3. The first kappa shape index (κ1) is 13.8. The van der Waals surface area contributed by atoms with Crippen molar-refractivity contribution in [3.05, 3.63) is 42.0 Å². The summed E-state index contributed by atoms with van der Waals surface area (Å²) in [5, 5.41) is 9.04. The van der Waals surface area contributed by atoms with Crippen molar-refractivity contribution in [1.82, 2.24) is 0 Å². The van der Waals surface area contributed by atoms with Crippen LogP contribution in [-0.2, 0) is 11.2 Å². The van der Waals surface area contributed by atoms with Gasteiger partial charge in [0.1, 0.15) is 0 Å². The summed E-state index contributed by atoms with van der Waals surface area (Å²) in [5.74, 6) is -0.881. The third kappa shape index (κ3) is 6.17. The summed E-state index contributed by atoms with van der Waals surface area (Å²) in [6.45, 7) is 4.35. The summed E-state index contributed by atoms with van der Waals surface area (Å²) in [6.07, 6.45) is 4.54. The van der Waals surface area contributed by atoms with Crippen LogP contribution in [0.5, 0.6) is 0 Å². The third-order valence-corrected chi connectivity index (χ3v) is 3.17. The summed E-state index contributed by atoms with van der Waals surface area (Å²) in [6, 6.07) is 8.47. The lowest BCUT2D eigenvalue weighted by atomic mass is 10.1. The number of thioether (sulfide) groups is 1. The summed E-state index contributed by atoms with van der Waals surface area (Å²) in [5.41, 5.74) is 1.24. The number of rotatable bonds is 6. The summed E-state index contributed by atoms with van der Waals surface area (Å²) >= 11 is 1.85. The molecule has 0 aliphatic carbocycles. The molecule has 2 nitrogen and oxygen atoms in total. The molecule has 0 heterocycles. The molecular weight excluding hydrogens is 232 g/mol. The van der Waals surface area contributed by atoms with Crippen LogP contribution in [0, 0.1) is 0 Å². The van der Waals surface area contributed by atoms with Gasteiger partial charge < -0.3 is 5.11 Å². The molecule has 17 heavy (non-hydrogen) atoms. The molecule has 0 aliphatic heterocycles. The van der Waals surface area contributed by atoms with Gasteiger partial charge in [-0.2, -0.15) is 0 Å². The number of aliphatic carboxylic acids is 1. The summed E-state index contributed by atoms with van der Waals surface area (Å²) in [4.78, 5) is 11.6. The van der Waals surface area contributed by atoms with Crippen LogP contribution in [0.3, 0.4) is 0 Å². The molecule has 1 aromatic rings. The predicted octanol–water partition coefficient (Wildman–Crippen LogP) is 3.76. The van der Waals surface area contributed by atoms with Crippen molar-refractivity contribution in [2.45, 2.75) is 36.8 Å². The minimum absolute atomic E-state index is 0.597. The van der Waals surface area contributed by atoms with Crippen LogP contribution in [0.1, 0.15) is 25.8 Å². The minimum Gasteiger partial charge on any atom is -0.478 e. The maximum Gasteiger partial charge on any atom is 0.327 e. The molecule has 0 aliphatic rings. The monoisotopic (exact) mass is 250 g/mol. The first-order valence-electron chi connectivity index (χ1n) is 5.73. The number of allylic oxidation sites excluding steroid dienone is 1. The Morgan fingerprint density at radius 3 is 2.53 bits per heavy atom. The smallest absolute Gasteiger partial charge is 0.327 e. The largest absolute Gasteiger partial charge is 0.478 e. The second-order valence-electron chi connectivity index (χ2n) is 4.09. The molecule has 0 saturated carbocycles. The molecule has 1 rings (SSSR count). The molecule has 0 aromatic heterocycles. The van der Waals surface area contributed by atoms with Crippen LogP contribution >= 0.6 is 11.8 Å². The van der Waals surface area contributed by atoms with Gasteiger partial charge in [-0.15, -0.1) is 11.8 Å². The van der Waals surface area contributed by atoms with E-state index in [2.05, 4.69) is 38.1 Å². The molecule has 0 radical (unpaired) electrons. The molecule has 0 amide bonds. The second-order valence-corrected chi connectivity index (χ2v) is 5.74. The molecular formula is C14H18O2S.